The molecule has 0 amide bonds. The third-order valence-electron chi connectivity index (χ3n) is 10.4. The van der Waals surface area contributed by atoms with Gasteiger partial charge in [-0.15, -0.1) is 0 Å². The van der Waals surface area contributed by atoms with Gasteiger partial charge in [0.05, 0.1) is 5.56 Å². The standard InChI is InChI=1S/C51H40N4O4/c1-32(2)50(56)58-30-31-59-51(57)37-20-18-36(19-21-37)49-44-28-26-42(54-44)47(34-14-8-4-9-15-34)40-24-22-38(52-40)46(33-12-6-3-7-13-33)39-23-25-41(53-39)48(35-16-10-5-11-17-35)43-27-29-45(49)55-43/h3-29,52-55H,1,30-31H2,2H3. The molecule has 59 heavy (non-hydrogen) atoms. The van der Waals surface area contributed by atoms with Crippen LogP contribution in [0.3, 0.4) is 0 Å². The molecule has 0 atom stereocenters. The van der Waals surface area contributed by atoms with Gasteiger partial charge in [0.2, 0.25) is 0 Å². The first-order chi connectivity index (χ1) is 28.9. The number of benzene rings is 4. The normalized spacial score (nSPS) is 12.4. The van der Waals surface area contributed by atoms with Crippen molar-refractivity contribution in [2.75, 3.05) is 13.2 Å². The first kappa shape index (κ1) is 36.8. The summed E-state index contributed by atoms with van der Waals surface area (Å²) in [5.74, 6) is -1.03. The lowest BCUT2D eigenvalue weighted by atomic mass is 10.0. The maximum absolute atomic E-state index is 13.0. The highest BCUT2D eigenvalue weighted by molar-refractivity contribution is 5.91. The zero-order chi connectivity index (χ0) is 40.3. The van der Waals surface area contributed by atoms with Gasteiger partial charge in [0.1, 0.15) is 13.2 Å². The second-order valence-electron chi connectivity index (χ2n) is 14.4. The minimum absolute atomic E-state index is 0.0538. The summed E-state index contributed by atoms with van der Waals surface area (Å²) in [6.45, 7) is 5.02. The predicted octanol–water partition coefficient (Wildman–Crippen LogP) is 6.58. The summed E-state index contributed by atoms with van der Waals surface area (Å²) in [5, 5.41) is 3.76. The van der Waals surface area contributed by atoms with Gasteiger partial charge in [-0.2, -0.15) is 0 Å². The van der Waals surface area contributed by atoms with Crippen LogP contribution in [-0.4, -0.2) is 45.1 Å². The monoisotopic (exact) mass is 772 g/mol. The summed E-state index contributed by atoms with van der Waals surface area (Å²) in [4.78, 5) is 40.0. The lowest BCUT2D eigenvalue weighted by molar-refractivity contribution is -0.140. The molecule has 8 bridgehead atoms. The molecule has 0 fully saturated rings. The fourth-order valence-electron chi connectivity index (χ4n) is 7.63. The molecule has 8 aromatic rings. The van der Waals surface area contributed by atoms with E-state index in [4.69, 9.17) is 9.47 Å². The van der Waals surface area contributed by atoms with Gasteiger partial charge in [-0.1, -0.05) is 110 Å². The zero-order valence-corrected chi connectivity index (χ0v) is 32.3. The SMILES string of the molecule is C=C(C)C(=O)OCCOC(=O)c1ccc(C2=c3ccc([nH]3)=C(c3ccccc3)c3ccc([nH]3)C(c3ccccc3)=c3ccc([nH]3)=C(c3ccccc3)c3ccc2[nH]3)cc1. The van der Waals surface area contributed by atoms with Crippen LogP contribution in [0.5, 0.6) is 0 Å². The van der Waals surface area contributed by atoms with Crippen molar-refractivity contribution >= 4 is 34.2 Å². The minimum Gasteiger partial charge on any atom is -0.459 e. The molecule has 0 radical (unpaired) electrons. The van der Waals surface area contributed by atoms with E-state index in [-0.39, 0.29) is 18.8 Å². The molecule has 1 aliphatic rings. The maximum atomic E-state index is 13.0. The third-order valence-corrected chi connectivity index (χ3v) is 10.4. The number of nitrogens with one attached hydrogen (secondary N) is 4. The first-order valence-corrected chi connectivity index (χ1v) is 19.4. The third kappa shape index (κ3) is 7.43. The van der Waals surface area contributed by atoms with Gasteiger partial charge in [-0.3, -0.25) is 0 Å². The Morgan fingerprint density at radius 3 is 1.12 bits per heavy atom. The molecular weight excluding hydrogens is 733 g/mol. The number of aromatic amines is 4. The van der Waals surface area contributed by atoms with E-state index in [1.54, 1.807) is 19.1 Å². The van der Waals surface area contributed by atoms with Gasteiger partial charge in [-0.25, -0.2) is 9.59 Å². The van der Waals surface area contributed by atoms with Gasteiger partial charge in [0.15, 0.2) is 0 Å². The Morgan fingerprint density at radius 2 is 0.763 bits per heavy atom. The number of ether oxygens (including phenoxy) is 2. The number of fused-ring (bicyclic) bond motifs is 8. The number of hydrogen-bond donors (Lipinski definition) is 4. The highest BCUT2D eigenvalue weighted by Gasteiger charge is 2.19. The van der Waals surface area contributed by atoms with Crippen LogP contribution in [0.4, 0.5) is 0 Å². The summed E-state index contributed by atoms with van der Waals surface area (Å²) in [6.07, 6.45) is 0. The number of rotatable bonds is 9. The Hall–Kier alpha value is -7.84. The molecule has 4 N–H and O–H groups in total. The number of carbonyl (C=O) groups excluding carboxylic acids is 2. The Kier molecular flexibility index (Phi) is 9.95. The fourth-order valence-corrected chi connectivity index (χ4v) is 7.63. The Morgan fingerprint density at radius 1 is 0.424 bits per heavy atom. The van der Waals surface area contributed by atoms with Crippen molar-refractivity contribution in [3.63, 3.8) is 0 Å². The van der Waals surface area contributed by atoms with Crippen molar-refractivity contribution in [2.45, 2.75) is 6.92 Å². The fraction of sp³-hybridized carbons (Fsp3) is 0.0588. The number of H-pyrrole nitrogens is 4. The average Bonchev–Trinajstić information content (AvgIpc) is 4.12. The van der Waals surface area contributed by atoms with E-state index in [0.717, 1.165) is 88.7 Å². The molecule has 288 valence electrons. The molecule has 0 aliphatic carbocycles. The van der Waals surface area contributed by atoms with Crippen molar-refractivity contribution in [3.8, 4) is 0 Å². The molecule has 0 unspecified atom stereocenters. The molecule has 4 aromatic carbocycles. The summed E-state index contributed by atoms with van der Waals surface area (Å²) >= 11 is 0. The topological polar surface area (TPSA) is 116 Å². The van der Waals surface area contributed by atoms with E-state index in [2.05, 4.69) is 148 Å². The number of hydrogen-bond acceptors (Lipinski definition) is 4. The lowest BCUT2D eigenvalue weighted by Gasteiger charge is -2.10. The van der Waals surface area contributed by atoms with Crippen molar-refractivity contribution in [1.29, 1.82) is 0 Å². The van der Waals surface area contributed by atoms with Crippen LogP contribution in [0.15, 0.2) is 176 Å². The van der Waals surface area contributed by atoms with Gasteiger partial charge in [0.25, 0.3) is 0 Å². The van der Waals surface area contributed by atoms with E-state index in [0.29, 0.717) is 5.56 Å². The van der Waals surface area contributed by atoms with Crippen LogP contribution in [0, 0.1) is 0 Å². The van der Waals surface area contributed by atoms with Crippen LogP contribution in [0.1, 0.15) is 62.3 Å². The molecule has 5 heterocycles. The van der Waals surface area contributed by atoms with Gasteiger partial charge in [0, 0.05) is 72.0 Å². The Bertz CT molecular complexity index is 3090. The number of esters is 2. The van der Waals surface area contributed by atoms with Gasteiger partial charge < -0.3 is 29.4 Å². The van der Waals surface area contributed by atoms with Crippen LogP contribution in [-0.2, 0) is 14.3 Å². The molecule has 4 aromatic heterocycles. The quantitative estimate of drug-likeness (QED) is 0.0755. The molecule has 8 nitrogen and oxygen atoms in total. The Labute approximate surface area is 340 Å². The van der Waals surface area contributed by atoms with Crippen LogP contribution in [0.2, 0.25) is 0 Å². The highest BCUT2D eigenvalue weighted by Crippen LogP contribution is 2.28. The van der Waals surface area contributed by atoms with Crippen molar-refractivity contribution in [3.05, 3.63) is 248 Å². The van der Waals surface area contributed by atoms with Crippen LogP contribution < -0.4 is 21.4 Å². The van der Waals surface area contributed by atoms with E-state index in [1.165, 1.54) is 0 Å². The smallest absolute Gasteiger partial charge is 0.338 e. The molecule has 8 heteroatoms. The van der Waals surface area contributed by atoms with Crippen molar-refractivity contribution in [1.82, 2.24) is 19.9 Å². The van der Waals surface area contributed by atoms with E-state index in [1.807, 2.05) is 30.3 Å². The van der Waals surface area contributed by atoms with E-state index >= 15 is 0 Å². The summed E-state index contributed by atoms with van der Waals surface area (Å²) in [5.41, 5.74) is 12.5. The van der Waals surface area contributed by atoms with Gasteiger partial charge >= 0.3 is 11.9 Å². The first-order valence-electron chi connectivity index (χ1n) is 19.4. The van der Waals surface area contributed by atoms with E-state index in [9.17, 15) is 9.59 Å². The molecule has 9 rings (SSSR count). The molecule has 1 aliphatic heterocycles. The number of aromatic nitrogens is 4. The summed E-state index contributed by atoms with van der Waals surface area (Å²) in [7, 11) is 0. The predicted molar refractivity (Wildman–Crippen MR) is 230 cm³/mol. The maximum Gasteiger partial charge on any atom is 0.338 e. The highest BCUT2D eigenvalue weighted by atomic mass is 16.6. The van der Waals surface area contributed by atoms with Gasteiger partial charge in [-0.05, 0) is 89.8 Å². The molecular formula is C51H40N4O4. The van der Waals surface area contributed by atoms with Crippen LogP contribution >= 0.6 is 0 Å². The summed E-state index contributed by atoms with van der Waals surface area (Å²) in [6, 6.07) is 55.6. The zero-order valence-electron chi connectivity index (χ0n) is 32.3. The largest absolute Gasteiger partial charge is 0.459 e. The second kappa shape index (κ2) is 16.0. The van der Waals surface area contributed by atoms with Crippen LogP contribution in [0.25, 0.3) is 22.3 Å². The summed E-state index contributed by atoms with van der Waals surface area (Å²) < 4.78 is 10.5. The van der Waals surface area contributed by atoms with Crippen molar-refractivity contribution < 1.29 is 19.1 Å². The molecule has 0 spiro atoms. The Balaban J connectivity index is 1.25. The van der Waals surface area contributed by atoms with E-state index < -0.39 is 11.9 Å². The second-order valence-corrected chi connectivity index (χ2v) is 14.4. The molecule has 0 saturated heterocycles. The molecule has 0 saturated carbocycles. The minimum atomic E-state index is -0.524. The average molecular weight is 773 g/mol. The number of carbonyl (C=O) groups is 2. The lowest BCUT2D eigenvalue weighted by Crippen LogP contribution is -2.19. The van der Waals surface area contributed by atoms with Crippen molar-refractivity contribution in [2.24, 2.45) is 0 Å².